The van der Waals surface area contributed by atoms with Crippen molar-refractivity contribution in [2.45, 2.75) is 64.1 Å². The van der Waals surface area contributed by atoms with Gasteiger partial charge < -0.3 is 20.3 Å². The maximum atomic E-state index is 5.66. The molecule has 4 rings (SSSR count). The zero-order valence-electron chi connectivity index (χ0n) is 19.9. The molecule has 7 heteroatoms. The highest BCUT2D eigenvalue weighted by Gasteiger charge is 2.23. The van der Waals surface area contributed by atoms with Crippen LogP contribution in [0.25, 0.3) is 0 Å². The molecule has 2 heterocycles. The Labute approximate surface area is 215 Å². The zero-order chi connectivity index (χ0) is 22.2. The molecule has 0 spiro atoms. The van der Waals surface area contributed by atoms with Gasteiger partial charge in [0.05, 0.1) is 19.3 Å². The van der Waals surface area contributed by atoms with Crippen LogP contribution in [0.15, 0.2) is 53.7 Å². The Morgan fingerprint density at radius 3 is 2.67 bits per heavy atom. The van der Waals surface area contributed by atoms with Gasteiger partial charge in [0.15, 0.2) is 5.96 Å². The lowest BCUT2D eigenvalue weighted by atomic mass is 9.82. The lowest BCUT2D eigenvalue weighted by Crippen LogP contribution is -2.44. The van der Waals surface area contributed by atoms with Crippen molar-refractivity contribution in [3.05, 3.63) is 59.8 Å². The number of hydrogen-bond donors (Lipinski definition) is 2. The fourth-order valence-electron chi connectivity index (χ4n) is 4.74. The summed E-state index contributed by atoms with van der Waals surface area (Å²) in [6.45, 7) is 8.26. The number of aromatic nitrogens is 1. The highest BCUT2D eigenvalue weighted by molar-refractivity contribution is 14.0. The lowest BCUT2D eigenvalue weighted by molar-refractivity contribution is 0.0529. The Morgan fingerprint density at radius 1 is 1.15 bits per heavy atom. The molecule has 1 saturated heterocycles. The average Bonchev–Trinajstić information content (AvgIpc) is 2.84. The third kappa shape index (κ3) is 7.57. The standard InChI is InChI=1S/C26H37N5O.HI/c1-3-27-26(30-24-11-9-23(10-12-24)22-7-5-4-6-8-22)29-18-21-13-14-28-25(17-21)31-15-16-32-20(2)19-31;/h4-8,13-14,17,20,23-24H,3,9-12,15-16,18-19H2,1-2H3,(H2,27,29,30);1H. The second-order valence-electron chi connectivity index (χ2n) is 8.95. The van der Waals surface area contributed by atoms with Crippen LogP contribution in [0.2, 0.25) is 0 Å². The number of anilines is 1. The number of nitrogens with one attached hydrogen (secondary N) is 2. The summed E-state index contributed by atoms with van der Waals surface area (Å²) in [5.41, 5.74) is 2.66. The summed E-state index contributed by atoms with van der Waals surface area (Å²) in [5.74, 6) is 2.62. The van der Waals surface area contributed by atoms with E-state index in [4.69, 9.17) is 9.73 Å². The van der Waals surface area contributed by atoms with Crippen LogP contribution in [0.1, 0.15) is 56.6 Å². The van der Waals surface area contributed by atoms with Gasteiger partial charge in [-0.05, 0) is 68.7 Å². The van der Waals surface area contributed by atoms with E-state index >= 15 is 0 Å². The summed E-state index contributed by atoms with van der Waals surface area (Å²) < 4.78 is 5.66. The highest BCUT2D eigenvalue weighted by atomic mass is 127. The van der Waals surface area contributed by atoms with E-state index in [1.54, 1.807) is 0 Å². The predicted octanol–water partition coefficient (Wildman–Crippen LogP) is 4.71. The van der Waals surface area contributed by atoms with Crippen LogP contribution in [-0.2, 0) is 11.3 Å². The van der Waals surface area contributed by atoms with Crippen LogP contribution in [0.5, 0.6) is 0 Å². The van der Waals surface area contributed by atoms with Crippen molar-refractivity contribution in [3.8, 4) is 0 Å². The molecular formula is C26H38IN5O. The summed E-state index contributed by atoms with van der Waals surface area (Å²) in [7, 11) is 0. The van der Waals surface area contributed by atoms with Crippen molar-refractivity contribution in [1.82, 2.24) is 15.6 Å². The first kappa shape index (κ1) is 25.7. The van der Waals surface area contributed by atoms with Crippen LogP contribution in [0.3, 0.4) is 0 Å². The molecule has 0 bridgehead atoms. The van der Waals surface area contributed by atoms with Crippen molar-refractivity contribution in [3.63, 3.8) is 0 Å². The third-order valence-electron chi connectivity index (χ3n) is 6.48. The van der Waals surface area contributed by atoms with Gasteiger partial charge in [-0.15, -0.1) is 24.0 Å². The maximum Gasteiger partial charge on any atom is 0.191 e. The van der Waals surface area contributed by atoms with Crippen molar-refractivity contribution in [2.24, 2.45) is 4.99 Å². The van der Waals surface area contributed by atoms with E-state index in [2.05, 4.69) is 76.8 Å². The van der Waals surface area contributed by atoms with Crippen molar-refractivity contribution >= 4 is 35.8 Å². The third-order valence-corrected chi connectivity index (χ3v) is 6.48. The maximum absolute atomic E-state index is 5.66. The number of pyridine rings is 1. The minimum Gasteiger partial charge on any atom is -0.375 e. The van der Waals surface area contributed by atoms with Crippen LogP contribution in [-0.4, -0.2) is 49.3 Å². The van der Waals surface area contributed by atoms with Gasteiger partial charge in [-0.2, -0.15) is 0 Å². The molecule has 180 valence electrons. The Balaban J connectivity index is 0.00000306. The second kappa shape index (κ2) is 13.1. The van der Waals surface area contributed by atoms with Crippen molar-refractivity contribution in [2.75, 3.05) is 31.1 Å². The van der Waals surface area contributed by atoms with E-state index in [9.17, 15) is 0 Å². The number of ether oxygens (including phenoxy) is 1. The van der Waals surface area contributed by atoms with Gasteiger partial charge in [0.1, 0.15) is 5.82 Å². The molecule has 1 atom stereocenters. The fraction of sp³-hybridized carbons (Fsp3) is 0.538. The highest BCUT2D eigenvalue weighted by Crippen LogP contribution is 2.32. The molecule has 33 heavy (non-hydrogen) atoms. The van der Waals surface area contributed by atoms with Crippen LogP contribution in [0.4, 0.5) is 5.82 Å². The first-order chi connectivity index (χ1) is 15.7. The molecule has 1 aliphatic carbocycles. The predicted molar refractivity (Wildman–Crippen MR) is 147 cm³/mol. The molecule has 0 radical (unpaired) electrons. The monoisotopic (exact) mass is 563 g/mol. The molecule has 2 aromatic rings. The first-order valence-corrected chi connectivity index (χ1v) is 12.1. The van der Waals surface area contributed by atoms with Crippen molar-refractivity contribution < 1.29 is 4.74 Å². The average molecular weight is 564 g/mol. The van der Waals surface area contributed by atoms with Gasteiger partial charge in [-0.3, -0.25) is 0 Å². The minimum atomic E-state index is 0. The number of benzene rings is 1. The summed E-state index contributed by atoms with van der Waals surface area (Å²) >= 11 is 0. The molecule has 1 aromatic heterocycles. The smallest absolute Gasteiger partial charge is 0.191 e. The minimum absolute atomic E-state index is 0. The van der Waals surface area contributed by atoms with E-state index in [-0.39, 0.29) is 30.1 Å². The summed E-state index contributed by atoms with van der Waals surface area (Å²) in [4.78, 5) is 11.8. The number of halogens is 1. The first-order valence-electron chi connectivity index (χ1n) is 12.1. The Morgan fingerprint density at radius 2 is 1.94 bits per heavy atom. The van der Waals surface area contributed by atoms with E-state index in [1.807, 2.05) is 6.20 Å². The molecule has 1 saturated carbocycles. The molecular weight excluding hydrogens is 525 g/mol. The number of guanidine groups is 1. The molecule has 2 fully saturated rings. The number of hydrogen-bond acceptors (Lipinski definition) is 4. The molecule has 2 N–H and O–H groups in total. The molecule has 1 aromatic carbocycles. The van der Waals surface area contributed by atoms with Crippen LogP contribution < -0.4 is 15.5 Å². The topological polar surface area (TPSA) is 61.8 Å². The van der Waals surface area contributed by atoms with E-state index < -0.39 is 0 Å². The van der Waals surface area contributed by atoms with E-state index in [0.29, 0.717) is 18.5 Å². The largest absolute Gasteiger partial charge is 0.375 e. The quantitative estimate of drug-likeness (QED) is 0.303. The molecule has 0 amide bonds. The number of rotatable bonds is 6. The van der Waals surface area contributed by atoms with E-state index in [1.165, 1.54) is 36.8 Å². The summed E-state index contributed by atoms with van der Waals surface area (Å²) in [6, 6.07) is 15.6. The van der Waals surface area contributed by atoms with Crippen molar-refractivity contribution in [1.29, 1.82) is 0 Å². The molecule has 6 nitrogen and oxygen atoms in total. The van der Waals surface area contributed by atoms with Crippen LogP contribution in [0, 0.1) is 0 Å². The fourth-order valence-corrected chi connectivity index (χ4v) is 4.74. The SMILES string of the molecule is CCNC(=NCc1ccnc(N2CCOC(C)C2)c1)NC1CCC(c2ccccc2)CC1.I. The Hall–Kier alpha value is -1.87. The number of morpholine rings is 1. The van der Waals surface area contributed by atoms with Gasteiger partial charge in [0, 0.05) is 31.9 Å². The molecule has 2 aliphatic rings. The van der Waals surface area contributed by atoms with Gasteiger partial charge in [0.2, 0.25) is 0 Å². The summed E-state index contributed by atoms with van der Waals surface area (Å²) in [5, 5.41) is 7.10. The van der Waals surface area contributed by atoms with Gasteiger partial charge in [-0.1, -0.05) is 30.3 Å². The zero-order valence-corrected chi connectivity index (χ0v) is 22.2. The Bertz CT molecular complexity index is 870. The Kier molecular flexibility index (Phi) is 10.2. The van der Waals surface area contributed by atoms with Crippen LogP contribution >= 0.6 is 24.0 Å². The molecule has 1 unspecified atom stereocenters. The second-order valence-corrected chi connectivity index (χ2v) is 8.95. The molecule has 1 aliphatic heterocycles. The van der Waals surface area contributed by atoms with Gasteiger partial charge in [0.25, 0.3) is 0 Å². The summed E-state index contributed by atoms with van der Waals surface area (Å²) in [6.07, 6.45) is 6.95. The number of nitrogens with zero attached hydrogens (tertiary/aromatic N) is 3. The van der Waals surface area contributed by atoms with E-state index in [0.717, 1.165) is 38.0 Å². The van der Waals surface area contributed by atoms with Gasteiger partial charge >= 0.3 is 0 Å². The lowest BCUT2D eigenvalue weighted by Gasteiger charge is -2.32. The normalized spacial score (nSPS) is 23.5. The number of aliphatic imine (C=N–C) groups is 1. The van der Waals surface area contributed by atoms with Gasteiger partial charge in [-0.25, -0.2) is 9.98 Å².